The predicted molar refractivity (Wildman–Crippen MR) is 67.0 cm³/mol. The van der Waals surface area contributed by atoms with Gasteiger partial charge in [0.1, 0.15) is 5.60 Å². The third-order valence-electron chi connectivity index (χ3n) is 2.87. The summed E-state index contributed by atoms with van der Waals surface area (Å²) in [7, 11) is 0. The minimum atomic E-state index is -4.52. The molecule has 0 aliphatic heterocycles. The molecule has 1 N–H and O–H groups in total. The lowest BCUT2D eigenvalue weighted by molar-refractivity contribution is -0.140. The molecule has 2 aromatic heterocycles. The minimum Gasteiger partial charge on any atom is -0.380 e. The molecule has 0 bridgehead atoms. The number of aryl methyl sites for hydroxylation is 1. The molecule has 0 saturated heterocycles. The molecule has 19 heavy (non-hydrogen) atoms. The number of pyridine rings is 1. The van der Waals surface area contributed by atoms with E-state index >= 15 is 0 Å². The van der Waals surface area contributed by atoms with Crippen LogP contribution in [-0.2, 0) is 11.8 Å². The fourth-order valence-electron chi connectivity index (χ4n) is 1.86. The molecular formula is C13H12F3NOS. The van der Waals surface area contributed by atoms with Crippen molar-refractivity contribution in [3.63, 3.8) is 0 Å². The zero-order valence-electron chi connectivity index (χ0n) is 10.3. The normalized spacial score (nSPS) is 15.3. The Morgan fingerprint density at radius 2 is 1.84 bits per heavy atom. The third-order valence-corrected chi connectivity index (χ3v) is 4.08. The lowest BCUT2D eigenvalue weighted by atomic mass is 9.91. The van der Waals surface area contributed by atoms with E-state index in [1.807, 2.05) is 6.92 Å². The molecule has 1 atom stereocenters. The quantitative estimate of drug-likeness (QED) is 0.913. The average molecular weight is 287 g/mol. The van der Waals surface area contributed by atoms with Gasteiger partial charge in [-0.2, -0.15) is 13.2 Å². The second-order valence-electron chi connectivity index (χ2n) is 4.40. The molecule has 6 heteroatoms. The Bertz CT molecular complexity index is 590. The van der Waals surface area contributed by atoms with Crippen molar-refractivity contribution in [2.24, 2.45) is 0 Å². The first-order chi connectivity index (χ1) is 8.73. The highest BCUT2D eigenvalue weighted by molar-refractivity contribution is 7.12. The van der Waals surface area contributed by atoms with Crippen LogP contribution in [0.25, 0.3) is 0 Å². The molecule has 0 fully saturated rings. The van der Waals surface area contributed by atoms with Crippen LogP contribution in [0.2, 0.25) is 0 Å². The van der Waals surface area contributed by atoms with Gasteiger partial charge in [-0.3, -0.25) is 4.98 Å². The summed E-state index contributed by atoms with van der Waals surface area (Å²) in [6, 6.07) is 4.27. The molecule has 2 rings (SSSR count). The number of halogens is 3. The smallest absolute Gasteiger partial charge is 0.380 e. The van der Waals surface area contributed by atoms with Crippen molar-refractivity contribution in [1.82, 2.24) is 4.98 Å². The summed E-state index contributed by atoms with van der Waals surface area (Å²) < 4.78 is 38.9. The fraction of sp³-hybridized carbons (Fsp3) is 0.308. The van der Waals surface area contributed by atoms with E-state index in [-0.39, 0.29) is 5.56 Å². The summed E-state index contributed by atoms with van der Waals surface area (Å²) in [5.41, 5.74) is -2.80. The number of hydrogen-bond acceptors (Lipinski definition) is 3. The van der Waals surface area contributed by atoms with Gasteiger partial charge >= 0.3 is 6.18 Å². The maximum atomic E-state index is 13.0. The molecule has 0 aromatic carbocycles. The SMILES string of the molecule is Cc1ccc(C(C)(O)c2cnccc2C(F)(F)F)s1. The minimum absolute atomic E-state index is 0.232. The molecule has 0 spiro atoms. The number of thiophene rings is 1. The summed E-state index contributed by atoms with van der Waals surface area (Å²) in [6.07, 6.45) is -2.38. The van der Waals surface area contributed by atoms with Gasteiger partial charge in [-0.15, -0.1) is 11.3 Å². The Kier molecular flexibility index (Phi) is 3.40. The molecule has 0 saturated carbocycles. The molecule has 0 radical (unpaired) electrons. The zero-order chi connectivity index (χ0) is 14.3. The summed E-state index contributed by atoms with van der Waals surface area (Å²) in [6.45, 7) is 3.18. The lowest BCUT2D eigenvalue weighted by Gasteiger charge is -2.25. The molecule has 102 valence electrons. The van der Waals surface area contributed by atoms with Crippen molar-refractivity contribution in [2.45, 2.75) is 25.6 Å². The lowest BCUT2D eigenvalue weighted by Crippen LogP contribution is -2.26. The largest absolute Gasteiger partial charge is 0.416 e. The molecule has 1 unspecified atom stereocenters. The van der Waals surface area contributed by atoms with Crippen molar-refractivity contribution >= 4 is 11.3 Å². The highest BCUT2D eigenvalue weighted by Gasteiger charge is 2.40. The van der Waals surface area contributed by atoms with Crippen LogP contribution in [0.3, 0.4) is 0 Å². The average Bonchev–Trinajstić information content (AvgIpc) is 2.75. The molecular weight excluding hydrogens is 275 g/mol. The maximum Gasteiger partial charge on any atom is 0.416 e. The van der Waals surface area contributed by atoms with E-state index in [0.717, 1.165) is 23.3 Å². The molecule has 2 nitrogen and oxygen atoms in total. The van der Waals surface area contributed by atoms with Gasteiger partial charge in [0.05, 0.1) is 5.56 Å². The Morgan fingerprint density at radius 1 is 1.16 bits per heavy atom. The topological polar surface area (TPSA) is 33.1 Å². The van der Waals surface area contributed by atoms with Crippen LogP contribution in [0.1, 0.15) is 27.8 Å². The van der Waals surface area contributed by atoms with E-state index in [9.17, 15) is 18.3 Å². The van der Waals surface area contributed by atoms with E-state index in [0.29, 0.717) is 4.88 Å². The Hall–Kier alpha value is -1.40. The summed E-state index contributed by atoms with van der Waals surface area (Å²) in [5.74, 6) is 0. The van der Waals surface area contributed by atoms with Gasteiger partial charge in [-0.1, -0.05) is 0 Å². The first-order valence-corrected chi connectivity index (χ1v) is 6.35. The first kappa shape index (κ1) is 14.0. The standard InChI is InChI=1S/C13H12F3NOS/c1-8-3-4-11(19-8)12(2,18)10-7-17-6-5-9(10)13(14,15)16/h3-7,18H,1-2H3. The van der Waals surface area contributed by atoms with Gasteiger partial charge in [-0.25, -0.2) is 0 Å². The van der Waals surface area contributed by atoms with Gasteiger partial charge < -0.3 is 5.11 Å². The first-order valence-electron chi connectivity index (χ1n) is 5.54. The van der Waals surface area contributed by atoms with E-state index in [2.05, 4.69) is 4.98 Å². The molecule has 2 heterocycles. The molecule has 0 amide bonds. The highest BCUT2D eigenvalue weighted by atomic mass is 32.1. The molecule has 0 aliphatic rings. The van der Waals surface area contributed by atoms with Crippen molar-refractivity contribution in [1.29, 1.82) is 0 Å². The Balaban J connectivity index is 2.58. The van der Waals surface area contributed by atoms with E-state index < -0.39 is 17.3 Å². The number of aromatic nitrogens is 1. The van der Waals surface area contributed by atoms with Gasteiger partial charge in [0, 0.05) is 27.7 Å². The van der Waals surface area contributed by atoms with Crippen LogP contribution in [0.4, 0.5) is 13.2 Å². The number of nitrogens with zero attached hydrogens (tertiary/aromatic N) is 1. The monoisotopic (exact) mass is 287 g/mol. The van der Waals surface area contributed by atoms with Crippen molar-refractivity contribution < 1.29 is 18.3 Å². The van der Waals surface area contributed by atoms with Gasteiger partial charge in [-0.05, 0) is 32.0 Å². The summed E-state index contributed by atoms with van der Waals surface area (Å²) in [4.78, 5) is 5.09. The maximum absolute atomic E-state index is 13.0. The second-order valence-corrected chi connectivity index (χ2v) is 5.69. The van der Waals surface area contributed by atoms with Crippen LogP contribution in [-0.4, -0.2) is 10.1 Å². The van der Waals surface area contributed by atoms with E-state index in [1.54, 1.807) is 12.1 Å². The Morgan fingerprint density at radius 3 is 2.37 bits per heavy atom. The van der Waals surface area contributed by atoms with Crippen molar-refractivity contribution in [3.8, 4) is 0 Å². The van der Waals surface area contributed by atoms with E-state index in [1.165, 1.54) is 18.3 Å². The van der Waals surface area contributed by atoms with Crippen molar-refractivity contribution in [2.75, 3.05) is 0 Å². The van der Waals surface area contributed by atoms with Gasteiger partial charge in [0.25, 0.3) is 0 Å². The van der Waals surface area contributed by atoms with Crippen LogP contribution in [0.5, 0.6) is 0 Å². The fourth-order valence-corrected chi connectivity index (χ4v) is 2.79. The van der Waals surface area contributed by atoms with Crippen molar-refractivity contribution in [3.05, 3.63) is 51.5 Å². The van der Waals surface area contributed by atoms with Crippen LogP contribution < -0.4 is 0 Å². The van der Waals surface area contributed by atoms with Crippen LogP contribution in [0.15, 0.2) is 30.6 Å². The van der Waals surface area contributed by atoms with E-state index in [4.69, 9.17) is 0 Å². The van der Waals surface area contributed by atoms with Crippen LogP contribution >= 0.6 is 11.3 Å². The number of hydrogen-bond donors (Lipinski definition) is 1. The molecule has 2 aromatic rings. The number of rotatable bonds is 2. The summed E-state index contributed by atoms with van der Waals surface area (Å²) in [5, 5.41) is 10.5. The second kappa shape index (κ2) is 4.61. The van der Waals surface area contributed by atoms with Crippen LogP contribution in [0, 0.1) is 6.92 Å². The Labute approximate surface area is 112 Å². The van der Waals surface area contributed by atoms with Gasteiger partial charge in [0.2, 0.25) is 0 Å². The zero-order valence-corrected chi connectivity index (χ0v) is 11.1. The number of alkyl halides is 3. The highest BCUT2D eigenvalue weighted by Crippen LogP contribution is 2.40. The third kappa shape index (κ3) is 2.64. The van der Waals surface area contributed by atoms with Gasteiger partial charge in [0.15, 0.2) is 0 Å². The molecule has 0 aliphatic carbocycles. The summed E-state index contributed by atoms with van der Waals surface area (Å²) >= 11 is 1.26. The number of aliphatic hydroxyl groups is 1. The predicted octanol–water partition coefficient (Wildman–Crippen LogP) is 3.73.